The monoisotopic (exact) mass is 325 g/mol. The molecule has 0 aliphatic heterocycles. The Kier molecular flexibility index (Phi) is 5.47. The molecule has 24 heavy (non-hydrogen) atoms. The maximum Gasteiger partial charge on any atom is 0.374 e. The van der Waals surface area contributed by atoms with Gasteiger partial charge in [-0.15, -0.1) is 6.58 Å². The highest BCUT2D eigenvalue weighted by atomic mass is 16.4. The topological polar surface area (TPSA) is 116 Å². The van der Waals surface area contributed by atoms with Crippen molar-refractivity contribution in [1.29, 1.82) is 5.26 Å². The smallest absolute Gasteiger partial charge is 0.374 e. The largest absolute Gasteiger partial charge is 0.475 e. The lowest BCUT2D eigenvalue weighted by atomic mass is 10.1. The van der Waals surface area contributed by atoms with Gasteiger partial charge in [-0.2, -0.15) is 5.26 Å². The number of benzene rings is 1. The summed E-state index contributed by atoms with van der Waals surface area (Å²) >= 11 is 0. The number of allylic oxidation sites excluding steroid dienone is 1. The number of nitriles is 1. The average Bonchev–Trinajstić information content (AvgIpc) is 3.03. The zero-order valence-electron chi connectivity index (χ0n) is 12.8. The van der Waals surface area contributed by atoms with Crippen molar-refractivity contribution in [1.82, 2.24) is 10.3 Å². The number of carbonyl (C=O) groups excluding carboxylic acids is 1. The molecule has 7 nitrogen and oxygen atoms in total. The van der Waals surface area contributed by atoms with Crippen molar-refractivity contribution < 1.29 is 19.1 Å². The van der Waals surface area contributed by atoms with Crippen LogP contribution in [0, 0.1) is 11.3 Å². The van der Waals surface area contributed by atoms with E-state index in [4.69, 9.17) is 9.68 Å². The standard InChI is InChI=1S/C17H15N3O4/c1-2-3-4-13(21)19-10-14-20-15(16(24-14)17(22)23)12-7-5-11(9-18)6-8-12/h2,5-8H,1,3-4,10H2,(H,19,21)(H,22,23). The third kappa shape index (κ3) is 4.08. The summed E-state index contributed by atoms with van der Waals surface area (Å²) in [7, 11) is 0. The van der Waals surface area contributed by atoms with Gasteiger partial charge in [0.2, 0.25) is 17.6 Å². The fraction of sp³-hybridized carbons (Fsp3) is 0.176. The summed E-state index contributed by atoms with van der Waals surface area (Å²) in [5.74, 6) is -1.68. The summed E-state index contributed by atoms with van der Waals surface area (Å²) in [6.07, 6.45) is 2.48. The van der Waals surface area contributed by atoms with Crippen molar-refractivity contribution >= 4 is 11.9 Å². The Labute approximate surface area is 138 Å². The van der Waals surface area contributed by atoms with Gasteiger partial charge in [-0.3, -0.25) is 4.79 Å². The first-order valence-electron chi connectivity index (χ1n) is 7.16. The molecule has 0 bridgehead atoms. The van der Waals surface area contributed by atoms with Crippen LogP contribution in [0.15, 0.2) is 41.3 Å². The Hall–Kier alpha value is -3.40. The fourth-order valence-corrected chi connectivity index (χ4v) is 1.98. The number of aromatic carboxylic acids is 1. The summed E-state index contributed by atoms with van der Waals surface area (Å²) in [6, 6.07) is 8.29. The molecule has 2 N–H and O–H groups in total. The zero-order chi connectivity index (χ0) is 17.5. The van der Waals surface area contributed by atoms with Crippen LogP contribution in [0.1, 0.15) is 34.9 Å². The lowest BCUT2D eigenvalue weighted by Gasteiger charge is -2.00. The first kappa shape index (κ1) is 17.0. The van der Waals surface area contributed by atoms with E-state index < -0.39 is 5.97 Å². The molecular weight excluding hydrogens is 310 g/mol. The Morgan fingerprint density at radius 2 is 2.08 bits per heavy atom. The van der Waals surface area contributed by atoms with E-state index in [9.17, 15) is 14.7 Å². The van der Waals surface area contributed by atoms with E-state index in [1.54, 1.807) is 30.3 Å². The molecular formula is C17H15N3O4. The van der Waals surface area contributed by atoms with Gasteiger partial charge in [0.25, 0.3) is 0 Å². The number of aromatic nitrogens is 1. The number of nitrogens with zero attached hydrogens (tertiary/aromatic N) is 2. The predicted molar refractivity (Wildman–Crippen MR) is 84.9 cm³/mol. The van der Waals surface area contributed by atoms with E-state index in [0.29, 0.717) is 24.0 Å². The van der Waals surface area contributed by atoms with Gasteiger partial charge in [-0.1, -0.05) is 18.2 Å². The summed E-state index contributed by atoms with van der Waals surface area (Å²) in [6.45, 7) is 3.53. The number of rotatable bonds is 7. The molecule has 0 unspecified atom stereocenters. The zero-order valence-corrected chi connectivity index (χ0v) is 12.8. The van der Waals surface area contributed by atoms with Gasteiger partial charge in [0, 0.05) is 12.0 Å². The van der Waals surface area contributed by atoms with Gasteiger partial charge in [-0.05, 0) is 18.6 Å². The second kappa shape index (κ2) is 7.74. The Balaban J connectivity index is 2.20. The van der Waals surface area contributed by atoms with Crippen molar-refractivity contribution in [3.63, 3.8) is 0 Å². The van der Waals surface area contributed by atoms with E-state index in [0.717, 1.165) is 0 Å². The third-order valence-electron chi connectivity index (χ3n) is 3.17. The van der Waals surface area contributed by atoms with Crippen LogP contribution in [-0.2, 0) is 11.3 Å². The van der Waals surface area contributed by atoms with Gasteiger partial charge in [0.05, 0.1) is 18.2 Å². The molecule has 0 aliphatic carbocycles. The summed E-state index contributed by atoms with van der Waals surface area (Å²) in [5, 5.41) is 20.7. The van der Waals surface area contributed by atoms with Gasteiger partial charge >= 0.3 is 5.97 Å². The van der Waals surface area contributed by atoms with Crippen LogP contribution >= 0.6 is 0 Å². The number of amides is 1. The van der Waals surface area contributed by atoms with Crippen LogP contribution in [0.25, 0.3) is 11.3 Å². The molecule has 1 aromatic heterocycles. The van der Waals surface area contributed by atoms with Crippen LogP contribution in [0.2, 0.25) is 0 Å². The fourth-order valence-electron chi connectivity index (χ4n) is 1.98. The molecule has 2 rings (SSSR count). The molecule has 0 aliphatic rings. The minimum Gasteiger partial charge on any atom is -0.475 e. The van der Waals surface area contributed by atoms with Crippen LogP contribution in [0.5, 0.6) is 0 Å². The quantitative estimate of drug-likeness (QED) is 0.755. The van der Waals surface area contributed by atoms with E-state index in [-0.39, 0.29) is 29.8 Å². The molecule has 1 aromatic carbocycles. The molecule has 1 amide bonds. The normalized spacial score (nSPS) is 9.96. The number of hydrogen-bond acceptors (Lipinski definition) is 5. The van der Waals surface area contributed by atoms with E-state index in [1.165, 1.54) is 0 Å². The lowest BCUT2D eigenvalue weighted by molar-refractivity contribution is -0.121. The Morgan fingerprint density at radius 3 is 2.67 bits per heavy atom. The maximum absolute atomic E-state index is 11.6. The molecule has 0 saturated heterocycles. The van der Waals surface area contributed by atoms with Crippen LogP contribution < -0.4 is 5.32 Å². The van der Waals surface area contributed by atoms with Crippen molar-refractivity contribution in [3.05, 3.63) is 54.1 Å². The second-order valence-electron chi connectivity index (χ2n) is 4.88. The first-order chi connectivity index (χ1) is 11.5. The van der Waals surface area contributed by atoms with Crippen molar-refractivity contribution in [2.75, 3.05) is 0 Å². The van der Waals surface area contributed by atoms with Gasteiger partial charge in [-0.25, -0.2) is 9.78 Å². The number of carboxylic acids is 1. The minimum atomic E-state index is -1.26. The summed E-state index contributed by atoms with van der Waals surface area (Å²) in [4.78, 5) is 27.0. The third-order valence-corrected chi connectivity index (χ3v) is 3.17. The molecule has 1 heterocycles. The molecule has 122 valence electrons. The summed E-state index contributed by atoms with van der Waals surface area (Å²) in [5.41, 5.74) is 1.12. The molecule has 2 aromatic rings. The van der Waals surface area contributed by atoms with E-state index in [2.05, 4.69) is 16.9 Å². The second-order valence-corrected chi connectivity index (χ2v) is 4.88. The van der Waals surface area contributed by atoms with Crippen molar-refractivity contribution in [3.8, 4) is 17.3 Å². The van der Waals surface area contributed by atoms with E-state index in [1.807, 2.05) is 6.07 Å². The van der Waals surface area contributed by atoms with Crippen molar-refractivity contribution in [2.24, 2.45) is 0 Å². The first-order valence-corrected chi connectivity index (χ1v) is 7.16. The lowest BCUT2D eigenvalue weighted by Crippen LogP contribution is -2.22. The van der Waals surface area contributed by atoms with Gasteiger partial charge in [0.15, 0.2) is 0 Å². The number of nitrogens with one attached hydrogen (secondary N) is 1. The summed E-state index contributed by atoms with van der Waals surface area (Å²) < 4.78 is 5.23. The maximum atomic E-state index is 11.6. The molecule has 0 spiro atoms. The highest BCUT2D eigenvalue weighted by molar-refractivity contribution is 5.91. The molecule has 0 radical (unpaired) electrons. The van der Waals surface area contributed by atoms with E-state index >= 15 is 0 Å². The minimum absolute atomic E-state index is 0.00741. The molecule has 0 fully saturated rings. The highest BCUT2D eigenvalue weighted by Gasteiger charge is 2.21. The molecule has 0 atom stereocenters. The van der Waals surface area contributed by atoms with Crippen LogP contribution in [0.4, 0.5) is 0 Å². The van der Waals surface area contributed by atoms with Crippen LogP contribution in [-0.4, -0.2) is 22.0 Å². The molecule has 7 heteroatoms. The van der Waals surface area contributed by atoms with Gasteiger partial charge < -0.3 is 14.8 Å². The number of hydrogen-bond donors (Lipinski definition) is 2. The average molecular weight is 325 g/mol. The van der Waals surface area contributed by atoms with Crippen molar-refractivity contribution in [2.45, 2.75) is 19.4 Å². The SMILES string of the molecule is C=CCCC(=O)NCc1nc(-c2ccc(C#N)cc2)c(C(=O)O)o1. The predicted octanol–water partition coefficient (Wildman–Crippen LogP) is 2.49. The number of oxazole rings is 1. The van der Waals surface area contributed by atoms with Gasteiger partial charge in [0.1, 0.15) is 5.69 Å². The molecule has 0 saturated carbocycles. The van der Waals surface area contributed by atoms with Crippen LogP contribution in [0.3, 0.4) is 0 Å². The number of carbonyl (C=O) groups is 2. The Bertz CT molecular complexity index is 800. The Morgan fingerprint density at radius 1 is 1.38 bits per heavy atom. The highest BCUT2D eigenvalue weighted by Crippen LogP contribution is 2.24. The number of carboxylic acid groups (broad SMARTS) is 1.